The molecule has 0 aromatic heterocycles. The van der Waals surface area contributed by atoms with Crippen LogP contribution in [0.4, 0.5) is 4.79 Å². The predicted molar refractivity (Wildman–Crippen MR) is 59.6 cm³/mol. The number of urea groups is 1. The minimum absolute atomic E-state index is 0.0284. The highest BCUT2D eigenvalue weighted by Gasteiger charge is 2.04. The van der Waals surface area contributed by atoms with E-state index in [1.165, 1.54) is 0 Å². The molecule has 0 aliphatic rings. The Morgan fingerprint density at radius 1 is 1.24 bits per heavy atom. The Bertz CT molecular complexity index is 353. The molecule has 9 heteroatoms. The SMILES string of the molecule is CS(=O)(=O)CCNC(=O)NCCOCC(=O)O. The van der Waals surface area contributed by atoms with Crippen molar-refractivity contribution in [2.75, 3.05) is 38.3 Å². The lowest BCUT2D eigenvalue weighted by Crippen LogP contribution is -2.39. The topological polar surface area (TPSA) is 122 Å². The van der Waals surface area contributed by atoms with E-state index in [4.69, 9.17) is 5.11 Å². The summed E-state index contributed by atoms with van der Waals surface area (Å²) in [4.78, 5) is 21.1. The third kappa shape index (κ3) is 12.6. The van der Waals surface area contributed by atoms with E-state index < -0.39 is 28.4 Å². The van der Waals surface area contributed by atoms with Gasteiger partial charge in [-0.05, 0) is 0 Å². The molecule has 8 nitrogen and oxygen atoms in total. The van der Waals surface area contributed by atoms with Gasteiger partial charge < -0.3 is 20.5 Å². The molecule has 0 aromatic carbocycles. The van der Waals surface area contributed by atoms with Crippen LogP contribution in [-0.4, -0.2) is 63.8 Å². The van der Waals surface area contributed by atoms with Crippen LogP contribution in [0.3, 0.4) is 0 Å². The Kier molecular flexibility index (Phi) is 7.22. The normalized spacial score (nSPS) is 10.9. The van der Waals surface area contributed by atoms with Crippen LogP contribution in [0, 0.1) is 0 Å². The highest BCUT2D eigenvalue weighted by atomic mass is 32.2. The number of ether oxygens (including phenoxy) is 1. The highest BCUT2D eigenvalue weighted by molar-refractivity contribution is 7.90. The van der Waals surface area contributed by atoms with Crippen molar-refractivity contribution in [2.24, 2.45) is 0 Å². The number of carboxylic acids is 1. The Morgan fingerprint density at radius 3 is 2.35 bits per heavy atom. The second-order valence-electron chi connectivity index (χ2n) is 3.26. The van der Waals surface area contributed by atoms with Gasteiger partial charge in [0.15, 0.2) is 0 Å². The molecule has 0 spiro atoms. The maximum atomic E-state index is 11.0. The molecule has 0 unspecified atom stereocenters. The summed E-state index contributed by atoms with van der Waals surface area (Å²) < 4.78 is 26.1. The van der Waals surface area contributed by atoms with E-state index in [-0.39, 0.29) is 25.4 Å². The van der Waals surface area contributed by atoms with Crippen molar-refractivity contribution < 1.29 is 27.9 Å². The molecule has 0 atom stereocenters. The van der Waals surface area contributed by atoms with Gasteiger partial charge in [0.1, 0.15) is 16.4 Å². The van der Waals surface area contributed by atoms with Crippen LogP contribution < -0.4 is 10.6 Å². The molecule has 0 aliphatic carbocycles. The second-order valence-corrected chi connectivity index (χ2v) is 5.52. The van der Waals surface area contributed by atoms with Crippen LogP contribution in [0.15, 0.2) is 0 Å². The van der Waals surface area contributed by atoms with Crippen molar-refractivity contribution in [3.05, 3.63) is 0 Å². The number of amides is 2. The summed E-state index contributed by atoms with van der Waals surface area (Å²) in [7, 11) is -3.09. The van der Waals surface area contributed by atoms with Crippen LogP contribution in [0.1, 0.15) is 0 Å². The van der Waals surface area contributed by atoms with E-state index in [1.807, 2.05) is 0 Å². The molecule has 17 heavy (non-hydrogen) atoms. The van der Waals surface area contributed by atoms with Gasteiger partial charge in [-0.2, -0.15) is 0 Å². The van der Waals surface area contributed by atoms with Crippen LogP contribution in [0.5, 0.6) is 0 Å². The van der Waals surface area contributed by atoms with E-state index in [0.717, 1.165) is 6.26 Å². The van der Waals surface area contributed by atoms with Gasteiger partial charge in [-0.15, -0.1) is 0 Å². The lowest BCUT2D eigenvalue weighted by Gasteiger charge is -2.06. The lowest BCUT2D eigenvalue weighted by atomic mass is 10.6. The van der Waals surface area contributed by atoms with Crippen LogP contribution >= 0.6 is 0 Å². The first-order chi connectivity index (χ1) is 7.81. The third-order valence-corrected chi connectivity index (χ3v) is 2.46. The average Bonchev–Trinajstić information content (AvgIpc) is 2.14. The van der Waals surface area contributed by atoms with Crippen molar-refractivity contribution in [1.29, 1.82) is 0 Å². The van der Waals surface area contributed by atoms with E-state index in [1.54, 1.807) is 0 Å². The average molecular weight is 268 g/mol. The zero-order valence-corrected chi connectivity index (χ0v) is 10.2. The maximum absolute atomic E-state index is 11.0. The minimum atomic E-state index is -3.09. The maximum Gasteiger partial charge on any atom is 0.329 e. The van der Waals surface area contributed by atoms with E-state index in [2.05, 4.69) is 15.4 Å². The number of carbonyl (C=O) groups excluding carboxylic acids is 1. The smallest absolute Gasteiger partial charge is 0.329 e. The molecule has 0 aliphatic heterocycles. The monoisotopic (exact) mass is 268 g/mol. The van der Waals surface area contributed by atoms with Gasteiger partial charge in [0.25, 0.3) is 0 Å². The molecular weight excluding hydrogens is 252 g/mol. The van der Waals surface area contributed by atoms with Gasteiger partial charge in [-0.1, -0.05) is 0 Å². The summed E-state index contributed by atoms with van der Waals surface area (Å²) in [5.74, 6) is -1.21. The Labute approximate surface area is 99.2 Å². The zero-order valence-electron chi connectivity index (χ0n) is 9.43. The quantitative estimate of drug-likeness (QED) is 0.457. The van der Waals surface area contributed by atoms with Gasteiger partial charge >= 0.3 is 12.0 Å². The Morgan fingerprint density at radius 2 is 1.82 bits per heavy atom. The number of nitrogens with one attached hydrogen (secondary N) is 2. The van der Waals surface area contributed by atoms with Crippen molar-refractivity contribution in [3.8, 4) is 0 Å². The predicted octanol–water partition coefficient (Wildman–Crippen LogP) is -1.57. The molecule has 0 aromatic rings. The number of hydrogen-bond donors (Lipinski definition) is 3. The molecule has 0 saturated carbocycles. The summed E-state index contributed by atoms with van der Waals surface area (Å²) in [5, 5.41) is 13.0. The van der Waals surface area contributed by atoms with Crippen LogP contribution in [-0.2, 0) is 19.4 Å². The number of sulfone groups is 1. The molecule has 3 N–H and O–H groups in total. The van der Waals surface area contributed by atoms with Gasteiger partial charge in [-0.25, -0.2) is 18.0 Å². The number of aliphatic carboxylic acids is 1. The van der Waals surface area contributed by atoms with Crippen molar-refractivity contribution in [2.45, 2.75) is 0 Å². The summed E-state index contributed by atoms with van der Waals surface area (Å²) in [5.41, 5.74) is 0. The molecule has 0 rings (SSSR count). The lowest BCUT2D eigenvalue weighted by molar-refractivity contribution is -0.142. The first kappa shape index (κ1) is 15.7. The highest BCUT2D eigenvalue weighted by Crippen LogP contribution is 1.79. The summed E-state index contributed by atoms with van der Waals surface area (Å²) in [6.45, 7) is -0.165. The summed E-state index contributed by atoms with van der Waals surface area (Å²) in [6, 6.07) is -0.521. The molecule has 0 fully saturated rings. The second kappa shape index (κ2) is 7.85. The number of rotatable bonds is 8. The molecule has 0 heterocycles. The van der Waals surface area contributed by atoms with Gasteiger partial charge in [0.2, 0.25) is 0 Å². The molecular formula is C8H16N2O6S. The number of carboxylic acid groups (broad SMARTS) is 1. The van der Waals surface area contributed by atoms with Crippen molar-refractivity contribution in [3.63, 3.8) is 0 Å². The number of carbonyl (C=O) groups is 2. The standard InChI is InChI=1S/C8H16N2O6S/c1-17(14,15)5-3-10-8(13)9-2-4-16-6-7(11)12/h2-6H2,1H3,(H,11,12)(H2,9,10,13). The fourth-order valence-corrected chi connectivity index (χ4v) is 1.28. The fraction of sp³-hybridized carbons (Fsp3) is 0.750. The summed E-state index contributed by atoms with van der Waals surface area (Å²) in [6.07, 6.45) is 1.08. The molecule has 0 bridgehead atoms. The van der Waals surface area contributed by atoms with Gasteiger partial charge in [0, 0.05) is 19.3 Å². The molecule has 0 radical (unpaired) electrons. The summed E-state index contributed by atoms with van der Waals surface area (Å²) >= 11 is 0. The first-order valence-electron chi connectivity index (χ1n) is 4.80. The van der Waals surface area contributed by atoms with E-state index in [0.29, 0.717) is 0 Å². The van der Waals surface area contributed by atoms with Crippen LogP contribution in [0.25, 0.3) is 0 Å². The Hall–Kier alpha value is -1.35. The fourth-order valence-electron chi connectivity index (χ4n) is 0.809. The third-order valence-electron chi connectivity index (χ3n) is 1.52. The first-order valence-corrected chi connectivity index (χ1v) is 6.86. The van der Waals surface area contributed by atoms with E-state index in [9.17, 15) is 18.0 Å². The molecule has 0 saturated heterocycles. The number of hydrogen-bond acceptors (Lipinski definition) is 5. The van der Waals surface area contributed by atoms with Crippen LogP contribution in [0.2, 0.25) is 0 Å². The minimum Gasteiger partial charge on any atom is -0.480 e. The van der Waals surface area contributed by atoms with Gasteiger partial charge in [0.05, 0.1) is 12.4 Å². The van der Waals surface area contributed by atoms with Crippen molar-refractivity contribution in [1.82, 2.24) is 10.6 Å². The molecule has 100 valence electrons. The Balaban J connectivity index is 3.44. The van der Waals surface area contributed by atoms with E-state index >= 15 is 0 Å². The molecule has 2 amide bonds. The zero-order chi connectivity index (χ0) is 13.3. The largest absolute Gasteiger partial charge is 0.480 e. The van der Waals surface area contributed by atoms with Crippen molar-refractivity contribution >= 4 is 21.8 Å². The van der Waals surface area contributed by atoms with Gasteiger partial charge in [-0.3, -0.25) is 0 Å².